The van der Waals surface area contributed by atoms with Gasteiger partial charge in [0.05, 0.1) is 11.4 Å². The summed E-state index contributed by atoms with van der Waals surface area (Å²) in [5.41, 5.74) is 7.55. The molecule has 1 heterocycles. The third-order valence-corrected chi connectivity index (χ3v) is 4.30. The Hall–Kier alpha value is -1.93. The van der Waals surface area contributed by atoms with Crippen LogP contribution in [0, 0.1) is 6.92 Å². The van der Waals surface area contributed by atoms with Crippen LogP contribution in [0.1, 0.15) is 16.8 Å². The summed E-state index contributed by atoms with van der Waals surface area (Å²) < 4.78 is 28.4. The van der Waals surface area contributed by atoms with Gasteiger partial charge in [0.1, 0.15) is 10.8 Å². The zero-order valence-electron chi connectivity index (χ0n) is 11.7. The summed E-state index contributed by atoms with van der Waals surface area (Å²) in [5, 5.41) is 4.10. The number of aromatic nitrogens is 2. The zero-order chi connectivity index (χ0) is 15.6. The Balaban J connectivity index is 2.19. The molecule has 0 radical (unpaired) electrons. The number of nitrogens with two attached hydrogens (primary N) is 1. The molecule has 0 atom stereocenters. The molecule has 0 amide bonds. The van der Waals surface area contributed by atoms with Gasteiger partial charge in [-0.2, -0.15) is 5.10 Å². The normalized spacial score (nSPS) is 11.3. The van der Waals surface area contributed by atoms with Gasteiger partial charge in [-0.25, -0.2) is 8.42 Å². The Kier molecular flexibility index (Phi) is 4.29. The minimum atomic E-state index is -3.53. The number of nitrogens with zero attached hydrogens (tertiary/aromatic N) is 2. The minimum absolute atomic E-state index is 0.159. The Labute approximate surface area is 129 Å². The van der Waals surface area contributed by atoms with Crippen LogP contribution in [0.3, 0.4) is 0 Å². The topological polar surface area (TPSA) is 90.0 Å². The Morgan fingerprint density at radius 3 is 2.71 bits per heavy atom. The van der Waals surface area contributed by atoms with E-state index >= 15 is 0 Å². The summed E-state index contributed by atoms with van der Waals surface area (Å²) in [6, 6.07) is 8.54. The molecule has 1 aromatic carbocycles. The number of aryl methyl sites for hydroxylation is 2. The molecule has 112 valence electrons. The standard InChI is InChI=1S/C13H16N4O2S2/c1-9-6-12(17(2)15-9)16-21(18,19)8-10-4-3-5-11(7-10)13(14)20/h3-7,16H,8H2,1-2H3,(H2,14,20). The minimum Gasteiger partial charge on any atom is -0.389 e. The van der Waals surface area contributed by atoms with Crippen molar-refractivity contribution in [2.45, 2.75) is 12.7 Å². The Morgan fingerprint density at radius 2 is 2.14 bits per heavy atom. The number of anilines is 1. The summed E-state index contributed by atoms with van der Waals surface area (Å²) in [6.45, 7) is 1.80. The van der Waals surface area contributed by atoms with E-state index in [0.29, 0.717) is 16.9 Å². The van der Waals surface area contributed by atoms with Crippen molar-refractivity contribution >= 4 is 33.0 Å². The van der Waals surface area contributed by atoms with Crippen molar-refractivity contribution < 1.29 is 8.42 Å². The molecule has 1 aromatic heterocycles. The van der Waals surface area contributed by atoms with Gasteiger partial charge in [0.15, 0.2) is 0 Å². The molecule has 0 aliphatic carbocycles. The monoisotopic (exact) mass is 324 g/mol. The molecule has 0 aliphatic rings. The van der Waals surface area contributed by atoms with Crippen LogP contribution in [0.2, 0.25) is 0 Å². The number of hydrogen-bond acceptors (Lipinski definition) is 4. The molecule has 2 rings (SSSR count). The Bertz CT molecular complexity index is 781. The molecule has 0 saturated carbocycles. The zero-order valence-corrected chi connectivity index (χ0v) is 13.3. The predicted molar refractivity (Wildman–Crippen MR) is 86.5 cm³/mol. The van der Waals surface area contributed by atoms with Gasteiger partial charge < -0.3 is 5.73 Å². The number of thiocarbonyl (C=S) groups is 1. The van der Waals surface area contributed by atoms with Gasteiger partial charge in [-0.15, -0.1) is 0 Å². The highest BCUT2D eigenvalue weighted by Gasteiger charge is 2.15. The van der Waals surface area contributed by atoms with E-state index in [1.165, 1.54) is 4.68 Å². The fourth-order valence-corrected chi connectivity index (χ4v) is 3.26. The van der Waals surface area contributed by atoms with E-state index in [0.717, 1.165) is 5.69 Å². The van der Waals surface area contributed by atoms with Crippen molar-refractivity contribution in [2.24, 2.45) is 12.8 Å². The fourth-order valence-electron chi connectivity index (χ4n) is 1.94. The summed E-state index contributed by atoms with van der Waals surface area (Å²) in [4.78, 5) is 0.240. The van der Waals surface area contributed by atoms with Gasteiger partial charge in [0.25, 0.3) is 0 Å². The van der Waals surface area contributed by atoms with Crippen LogP contribution in [0.4, 0.5) is 5.82 Å². The highest BCUT2D eigenvalue weighted by Crippen LogP contribution is 2.14. The van der Waals surface area contributed by atoms with Crippen LogP contribution >= 0.6 is 12.2 Å². The molecule has 3 N–H and O–H groups in total. The first kappa shape index (κ1) is 15.5. The van der Waals surface area contributed by atoms with Crippen LogP contribution in [0.15, 0.2) is 30.3 Å². The first-order valence-corrected chi connectivity index (χ1v) is 8.23. The molecule has 0 unspecified atom stereocenters. The van der Waals surface area contributed by atoms with Crippen LogP contribution in [-0.4, -0.2) is 23.2 Å². The average molecular weight is 324 g/mol. The summed E-state index contributed by atoms with van der Waals surface area (Å²) in [6.07, 6.45) is 0. The molecule has 0 aliphatic heterocycles. The van der Waals surface area contributed by atoms with Crippen LogP contribution < -0.4 is 10.5 Å². The molecule has 8 heteroatoms. The van der Waals surface area contributed by atoms with Crippen molar-refractivity contribution in [2.75, 3.05) is 4.72 Å². The molecule has 21 heavy (non-hydrogen) atoms. The van der Waals surface area contributed by atoms with Crippen molar-refractivity contribution in [3.63, 3.8) is 0 Å². The maximum Gasteiger partial charge on any atom is 0.238 e. The number of sulfonamides is 1. The number of hydrogen-bond donors (Lipinski definition) is 2. The first-order valence-electron chi connectivity index (χ1n) is 6.17. The molecule has 0 spiro atoms. The lowest BCUT2D eigenvalue weighted by Crippen LogP contribution is -2.17. The summed E-state index contributed by atoms with van der Waals surface area (Å²) in [5.74, 6) is 0.270. The summed E-state index contributed by atoms with van der Waals surface area (Å²) in [7, 11) is -1.86. The van der Waals surface area contributed by atoms with E-state index < -0.39 is 10.0 Å². The van der Waals surface area contributed by atoms with Gasteiger partial charge in [0, 0.05) is 18.7 Å². The van der Waals surface area contributed by atoms with Crippen LogP contribution in [0.25, 0.3) is 0 Å². The highest BCUT2D eigenvalue weighted by molar-refractivity contribution is 7.91. The number of rotatable bonds is 5. The quantitative estimate of drug-likeness (QED) is 0.809. The smallest absolute Gasteiger partial charge is 0.238 e. The second-order valence-electron chi connectivity index (χ2n) is 4.72. The third-order valence-electron chi connectivity index (χ3n) is 2.83. The van der Waals surface area contributed by atoms with E-state index in [-0.39, 0.29) is 10.7 Å². The number of nitrogens with one attached hydrogen (secondary N) is 1. The van der Waals surface area contributed by atoms with Crippen LogP contribution in [-0.2, 0) is 22.8 Å². The van der Waals surface area contributed by atoms with E-state index in [1.807, 2.05) is 0 Å². The van der Waals surface area contributed by atoms with E-state index in [1.54, 1.807) is 44.3 Å². The fraction of sp³-hybridized carbons (Fsp3) is 0.231. The second kappa shape index (κ2) is 5.82. The lowest BCUT2D eigenvalue weighted by Gasteiger charge is -2.09. The van der Waals surface area contributed by atoms with E-state index in [4.69, 9.17) is 18.0 Å². The lowest BCUT2D eigenvalue weighted by atomic mass is 10.1. The molecule has 0 bridgehead atoms. The van der Waals surface area contributed by atoms with E-state index in [2.05, 4.69) is 9.82 Å². The van der Waals surface area contributed by atoms with Gasteiger partial charge in [0.2, 0.25) is 10.0 Å². The summed E-state index contributed by atoms with van der Waals surface area (Å²) >= 11 is 4.89. The SMILES string of the molecule is Cc1cc(NS(=O)(=O)Cc2cccc(C(N)=S)c2)n(C)n1. The van der Waals surface area contributed by atoms with Gasteiger partial charge in [-0.3, -0.25) is 9.40 Å². The maximum absolute atomic E-state index is 12.2. The molecular weight excluding hydrogens is 308 g/mol. The van der Waals surface area contributed by atoms with Crippen molar-refractivity contribution in [3.8, 4) is 0 Å². The molecular formula is C13H16N4O2S2. The van der Waals surface area contributed by atoms with Crippen LogP contribution in [0.5, 0.6) is 0 Å². The van der Waals surface area contributed by atoms with E-state index in [9.17, 15) is 8.42 Å². The molecule has 0 fully saturated rings. The lowest BCUT2D eigenvalue weighted by molar-refractivity contribution is 0.599. The van der Waals surface area contributed by atoms with Gasteiger partial charge in [-0.1, -0.05) is 30.4 Å². The third kappa shape index (κ3) is 4.02. The number of benzene rings is 1. The molecule has 0 saturated heterocycles. The van der Waals surface area contributed by atoms with Crippen molar-refractivity contribution in [1.29, 1.82) is 0 Å². The maximum atomic E-state index is 12.2. The Morgan fingerprint density at radius 1 is 1.43 bits per heavy atom. The first-order chi connectivity index (χ1) is 9.77. The predicted octanol–water partition coefficient (Wildman–Crippen LogP) is 1.30. The average Bonchev–Trinajstić information content (AvgIpc) is 2.66. The van der Waals surface area contributed by atoms with Gasteiger partial charge >= 0.3 is 0 Å². The van der Waals surface area contributed by atoms with Gasteiger partial charge in [-0.05, 0) is 18.6 Å². The molecule has 6 nitrogen and oxygen atoms in total. The van der Waals surface area contributed by atoms with Crippen molar-refractivity contribution in [1.82, 2.24) is 9.78 Å². The second-order valence-corrected chi connectivity index (χ2v) is 6.88. The molecule has 2 aromatic rings. The van der Waals surface area contributed by atoms with Crippen molar-refractivity contribution in [3.05, 3.63) is 47.2 Å². The highest BCUT2D eigenvalue weighted by atomic mass is 32.2. The largest absolute Gasteiger partial charge is 0.389 e.